The second kappa shape index (κ2) is 5.96. The first-order valence-corrected chi connectivity index (χ1v) is 5.65. The van der Waals surface area contributed by atoms with Crippen molar-refractivity contribution in [3.8, 4) is 0 Å². The summed E-state index contributed by atoms with van der Waals surface area (Å²) in [5.74, 6) is -0.200. The highest BCUT2D eigenvalue weighted by Crippen LogP contribution is 2.05. The van der Waals surface area contributed by atoms with Gasteiger partial charge >= 0.3 is 0 Å². The van der Waals surface area contributed by atoms with E-state index >= 15 is 0 Å². The smallest absolute Gasteiger partial charge is 0.255 e. The molecule has 1 aliphatic heterocycles. The van der Waals surface area contributed by atoms with E-state index in [0.717, 1.165) is 6.54 Å². The van der Waals surface area contributed by atoms with Gasteiger partial charge in [-0.2, -0.15) is 0 Å². The van der Waals surface area contributed by atoms with Crippen LogP contribution in [0.3, 0.4) is 0 Å². The molecule has 0 bridgehead atoms. The van der Waals surface area contributed by atoms with Gasteiger partial charge in [-0.05, 0) is 12.5 Å². The SMILES string of the molecule is CC(CNC(C)C)CN1C(=O)COCC1=O. The van der Waals surface area contributed by atoms with Crippen LogP contribution in [0.25, 0.3) is 0 Å². The molecular formula is C11H20N2O3. The number of carbonyl (C=O) groups is 2. The Morgan fingerprint density at radius 1 is 1.25 bits per heavy atom. The fourth-order valence-electron chi connectivity index (χ4n) is 1.54. The summed E-state index contributed by atoms with van der Waals surface area (Å²) in [6.45, 7) is 7.48. The molecule has 0 saturated carbocycles. The van der Waals surface area contributed by atoms with Gasteiger partial charge < -0.3 is 10.1 Å². The Bertz CT molecular complexity index is 250. The van der Waals surface area contributed by atoms with Crippen LogP contribution >= 0.6 is 0 Å². The average Bonchev–Trinajstić information content (AvgIpc) is 2.21. The predicted octanol–water partition coefficient (Wildman–Crippen LogP) is 0.00590. The van der Waals surface area contributed by atoms with Crippen LogP contribution in [0, 0.1) is 5.92 Å². The van der Waals surface area contributed by atoms with Crippen LogP contribution in [-0.2, 0) is 14.3 Å². The van der Waals surface area contributed by atoms with E-state index in [1.165, 1.54) is 4.90 Å². The molecule has 5 heteroatoms. The van der Waals surface area contributed by atoms with E-state index in [2.05, 4.69) is 19.2 Å². The zero-order valence-corrected chi connectivity index (χ0v) is 10.2. The van der Waals surface area contributed by atoms with Gasteiger partial charge in [0.2, 0.25) is 0 Å². The lowest BCUT2D eigenvalue weighted by molar-refractivity contribution is -0.159. The zero-order chi connectivity index (χ0) is 12.1. The molecule has 1 aliphatic rings. The van der Waals surface area contributed by atoms with Gasteiger partial charge in [0.25, 0.3) is 11.8 Å². The third-order valence-corrected chi connectivity index (χ3v) is 2.42. The van der Waals surface area contributed by atoms with Crippen LogP contribution in [0.5, 0.6) is 0 Å². The lowest BCUT2D eigenvalue weighted by atomic mass is 10.1. The monoisotopic (exact) mass is 228 g/mol. The molecule has 1 N–H and O–H groups in total. The van der Waals surface area contributed by atoms with E-state index < -0.39 is 0 Å². The van der Waals surface area contributed by atoms with E-state index in [9.17, 15) is 9.59 Å². The molecule has 2 amide bonds. The molecular weight excluding hydrogens is 208 g/mol. The van der Waals surface area contributed by atoms with Crippen molar-refractivity contribution in [1.82, 2.24) is 10.2 Å². The minimum atomic E-state index is -0.229. The van der Waals surface area contributed by atoms with Crippen LogP contribution < -0.4 is 5.32 Å². The van der Waals surface area contributed by atoms with E-state index in [-0.39, 0.29) is 30.9 Å². The second-order valence-electron chi connectivity index (χ2n) is 4.56. The fourth-order valence-corrected chi connectivity index (χ4v) is 1.54. The van der Waals surface area contributed by atoms with Crippen molar-refractivity contribution in [2.45, 2.75) is 26.8 Å². The first-order chi connectivity index (χ1) is 7.50. The molecule has 1 unspecified atom stereocenters. The third-order valence-electron chi connectivity index (χ3n) is 2.42. The summed E-state index contributed by atoms with van der Waals surface area (Å²) in [7, 11) is 0. The molecule has 0 aromatic rings. The summed E-state index contributed by atoms with van der Waals surface area (Å²) in [5, 5.41) is 3.28. The molecule has 1 heterocycles. The number of hydrogen-bond acceptors (Lipinski definition) is 4. The molecule has 0 aromatic carbocycles. The van der Waals surface area contributed by atoms with Crippen molar-refractivity contribution in [2.75, 3.05) is 26.3 Å². The Morgan fingerprint density at radius 2 is 1.81 bits per heavy atom. The summed E-state index contributed by atoms with van der Waals surface area (Å²) in [6, 6.07) is 0.415. The first kappa shape index (κ1) is 13.1. The van der Waals surface area contributed by atoms with Crippen molar-refractivity contribution < 1.29 is 14.3 Å². The van der Waals surface area contributed by atoms with E-state index in [4.69, 9.17) is 4.74 Å². The number of nitrogens with one attached hydrogen (secondary N) is 1. The lowest BCUT2D eigenvalue weighted by Gasteiger charge is -2.27. The van der Waals surface area contributed by atoms with Gasteiger partial charge in [-0.1, -0.05) is 20.8 Å². The third kappa shape index (κ3) is 3.90. The van der Waals surface area contributed by atoms with Gasteiger partial charge in [-0.15, -0.1) is 0 Å². The molecule has 1 saturated heterocycles. The summed E-state index contributed by atoms with van der Waals surface area (Å²) in [6.07, 6.45) is 0. The molecule has 0 spiro atoms. The van der Waals surface area contributed by atoms with E-state index in [0.29, 0.717) is 12.6 Å². The molecule has 16 heavy (non-hydrogen) atoms. The van der Waals surface area contributed by atoms with Crippen LogP contribution in [0.2, 0.25) is 0 Å². The highest BCUT2D eigenvalue weighted by molar-refractivity contribution is 5.98. The maximum atomic E-state index is 11.4. The molecule has 5 nitrogen and oxygen atoms in total. The van der Waals surface area contributed by atoms with Crippen LogP contribution in [0.15, 0.2) is 0 Å². The second-order valence-corrected chi connectivity index (χ2v) is 4.56. The van der Waals surface area contributed by atoms with Crippen molar-refractivity contribution in [3.63, 3.8) is 0 Å². The minimum absolute atomic E-state index is 0.0239. The lowest BCUT2D eigenvalue weighted by Crippen LogP contribution is -2.49. The van der Waals surface area contributed by atoms with Crippen LogP contribution in [-0.4, -0.2) is 49.1 Å². The van der Waals surface area contributed by atoms with Crippen LogP contribution in [0.4, 0.5) is 0 Å². The molecule has 1 rings (SSSR count). The fraction of sp³-hybridized carbons (Fsp3) is 0.818. The summed E-state index contributed by atoms with van der Waals surface area (Å²) >= 11 is 0. The molecule has 0 radical (unpaired) electrons. The van der Waals surface area contributed by atoms with Crippen molar-refractivity contribution >= 4 is 11.8 Å². The van der Waals surface area contributed by atoms with Gasteiger partial charge in [-0.3, -0.25) is 14.5 Å². The molecule has 1 fully saturated rings. The normalized spacial score (nSPS) is 19.4. The van der Waals surface area contributed by atoms with Gasteiger partial charge in [0.15, 0.2) is 0 Å². The van der Waals surface area contributed by atoms with Crippen molar-refractivity contribution in [2.24, 2.45) is 5.92 Å². The van der Waals surface area contributed by atoms with Crippen LogP contribution in [0.1, 0.15) is 20.8 Å². The summed E-state index contributed by atoms with van der Waals surface area (Å²) in [5.41, 5.74) is 0. The van der Waals surface area contributed by atoms with Gasteiger partial charge in [0.1, 0.15) is 13.2 Å². The first-order valence-electron chi connectivity index (χ1n) is 5.65. The average molecular weight is 228 g/mol. The Labute approximate surface area is 96.1 Å². The Hall–Kier alpha value is -0.940. The van der Waals surface area contributed by atoms with Crippen molar-refractivity contribution in [3.05, 3.63) is 0 Å². The van der Waals surface area contributed by atoms with E-state index in [1.54, 1.807) is 0 Å². The Balaban J connectivity index is 2.39. The Morgan fingerprint density at radius 3 is 2.31 bits per heavy atom. The zero-order valence-electron chi connectivity index (χ0n) is 10.2. The molecule has 0 aromatic heterocycles. The highest BCUT2D eigenvalue weighted by atomic mass is 16.5. The maximum Gasteiger partial charge on any atom is 0.255 e. The van der Waals surface area contributed by atoms with Crippen molar-refractivity contribution in [1.29, 1.82) is 0 Å². The number of amides is 2. The van der Waals surface area contributed by atoms with Gasteiger partial charge in [-0.25, -0.2) is 0 Å². The number of ether oxygens (including phenoxy) is 1. The molecule has 1 atom stereocenters. The highest BCUT2D eigenvalue weighted by Gasteiger charge is 2.27. The number of imide groups is 1. The molecule has 0 aliphatic carbocycles. The number of nitrogens with zero attached hydrogens (tertiary/aromatic N) is 1. The maximum absolute atomic E-state index is 11.4. The summed E-state index contributed by atoms with van der Waals surface area (Å²) < 4.78 is 4.85. The van der Waals surface area contributed by atoms with E-state index in [1.807, 2.05) is 6.92 Å². The quantitative estimate of drug-likeness (QED) is 0.673. The standard InChI is InChI=1S/C11H20N2O3/c1-8(2)12-4-9(3)5-13-10(14)6-16-7-11(13)15/h8-9,12H,4-7H2,1-3H3. The molecule has 92 valence electrons. The number of rotatable bonds is 5. The predicted molar refractivity (Wildman–Crippen MR) is 59.8 cm³/mol. The number of hydrogen-bond donors (Lipinski definition) is 1. The number of morpholine rings is 1. The minimum Gasteiger partial charge on any atom is -0.362 e. The largest absolute Gasteiger partial charge is 0.362 e. The van der Waals surface area contributed by atoms with Gasteiger partial charge in [0.05, 0.1) is 0 Å². The topological polar surface area (TPSA) is 58.6 Å². The summed E-state index contributed by atoms with van der Waals surface area (Å²) in [4.78, 5) is 24.2. The number of carbonyl (C=O) groups excluding carboxylic acids is 2. The van der Waals surface area contributed by atoms with Gasteiger partial charge in [0, 0.05) is 12.6 Å². The Kier molecular flexibility index (Phi) is 4.89.